The summed E-state index contributed by atoms with van der Waals surface area (Å²) in [5.41, 5.74) is 24.2. The zero-order chi connectivity index (χ0) is 43.3. The average Bonchev–Trinajstić information content (AvgIpc) is 3.91. The predicted octanol–water partition coefficient (Wildman–Crippen LogP) is 17.8. The zero-order valence-electron chi connectivity index (χ0n) is 36.0. The molecule has 1 nitrogen and oxygen atoms in total. The summed E-state index contributed by atoms with van der Waals surface area (Å²) in [6, 6.07) is 86.8. The van der Waals surface area contributed by atoms with Gasteiger partial charge < -0.3 is 0 Å². The van der Waals surface area contributed by atoms with Crippen LogP contribution in [0.1, 0.15) is 0 Å². The van der Waals surface area contributed by atoms with Gasteiger partial charge in [0.25, 0.3) is 0 Å². The molecule has 1 aromatic heterocycles. The molecule has 1 heteroatoms. The average molecular weight is 834 g/mol. The molecule has 11 aromatic carbocycles. The number of nitrogens with zero attached hydrogens (tertiary/aromatic N) is 1. The highest BCUT2D eigenvalue weighted by Crippen LogP contribution is 2.60. The van der Waals surface area contributed by atoms with E-state index < -0.39 is 0 Å². The fraction of sp³-hybridized carbons (Fsp3) is 0. The van der Waals surface area contributed by atoms with Crippen LogP contribution in [-0.4, -0.2) is 4.98 Å². The molecular formula is C65H39N. The lowest BCUT2D eigenvalue weighted by Gasteiger charge is -2.21. The maximum Gasteiger partial charge on any atom is 0.0716 e. The molecule has 0 spiro atoms. The lowest BCUT2D eigenvalue weighted by atomic mass is 9.82. The van der Waals surface area contributed by atoms with E-state index in [0.29, 0.717) is 0 Å². The van der Waals surface area contributed by atoms with Crippen LogP contribution in [0.15, 0.2) is 237 Å². The number of pyridine rings is 1. The standard InChI is InChI=1S/C65H39N/c1-5-19-40(20-6-1)53-39-54(60(44-25-11-4-12-26-44)63-50-33-16-28-41-27-15-32-49(57(41)50)62(53)63)56-36-18-35-55(66-56)45-37-38-52-61-46(45)31-17-34-51(61)64-58(42-21-7-2-8-22-42)47-29-13-14-30-48(47)59(65(52)64)43-23-9-3-10-24-43/h1-39H. The van der Waals surface area contributed by atoms with E-state index in [1.54, 1.807) is 0 Å². The molecule has 2 aliphatic rings. The Kier molecular flexibility index (Phi) is 8.05. The van der Waals surface area contributed by atoms with Crippen molar-refractivity contribution in [3.05, 3.63) is 237 Å². The molecule has 2 aliphatic carbocycles. The summed E-state index contributed by atoms with van der Waals surface area (Å²) >= 11 is 0. The molecule has 0 unspecified atom stereocenters. The summed E-state index contributed by atoms with van der Waals surface area (Å²) in [6.45, 7) is 0. The number of hydrogen-bond acceptors (Lipinski definition) is 1. The number of aromatic nitrogens is 1. The van der Waals surface area contributed by atoms with E-state index in [9.17, 15) is 0 Å². The molecule has 14 rings (SSSR count). The SMILES string of the molecule is c1ccc(-c2cc(-c3cccc(-c4ccc5c6c(cccc46)-c4c-5c(-c5ccccc5)c5ccccc5c4-c4ccccc4)n3)c(-c3ccccc3)c3c2-c2cccc4cccc-3c24)cc1. The molecule has 0 aliphatic heterocycles. The van der Waals surface area contributed by atoms with Crippen LogP contribution in [0.25, 0.3) is 144 Å². The second-order valence-corrected chi connectivity index (χ2v) is 17.6. The van der Waals surface area contributed by atoms with Crippen molar-refractivity contribution in [1.82, 2.24) is 4.98 Å². The van der Waals surface area contributed by atoms with E-state index in [4.69, 9.17) is 4.98 Å². The molecular weight excluding hydrogens is 795 g/mol. The van der Waals surface area contributed by atoms with E-state index in [1.807, 2.05) is 0 Å². The smallest absolute Gasteiger partial charge is 0.0716 e. The van der Waals surface area contributed by atoms with Gasteiger partial charge in [0.05, 0.1) is 11.4 Å². The van der Waals surface area contributed by atoms with Crippen LogP contribution in [0.2, 0.25) is 0 Å². The van der Waals surface area contributed by atoms with Crippen molar-refractivity contribution in [3.63, 3.8) is 0 Å². The Morgan fingerprint density at radius 2 is 0.621 bits per heavy atom. The summed E-state index contributed by atoms with van der Waals surface area (Å²) in [6.07, 6.45) is 0. The summed E-state index contributed by atoms with van der Waals surface area (Å²) in [4.78, 5) is 5.71. The van der Waals surface area contributed by atoms with Crippen molar-refractivity contribution in [2.75, 3.05) is 0 Å². The molecule has 0 saturated heterocycles. The van der Waals surface area contributed by atoms with Crippen molar-refractivity contribution in [2.45, 2.75) is 0 Å². The Balaban J connectivity index is 1.03. The summed E-state index contributed by atoms with van der Waals surface area (Å²) in [5.74, 6) is 0. The second kappa shape index (κ2) is 14.4. The number of fused-ring (bicyclic) bond motifs is 7. The molecule has 0 N–H and O–H groups in total. The van der Waals surface area contributed by atoms with Crippen molar-refractivity contribution < 1.29 is 0 Å². The van der Waals surface area contributed by atoms with Gasteiger partial charge in [-0.05, 0) is 140 Å². The Bertz CT molecular complexity index is 3850. The van der Waals surface area contributed by atoms with E-state index >= 15 is 0 Å². The van der Waals surface area contributed by atoms with Gasteiger partial charge in [0.1, 0.15) is 0 Å². The van der Waals surface area contributed by atoms with Gasteiger partial charge in [-0.2, -0.15) is 0 Å². The van der Waals surface area contributed by atoms with Crippen LogP contribution in [0, 0.1) is 0 Å². The zero-order valence-corrected chi connectivity index (χ0v) is 36.0. The minimum Gasteiger partial charge on any atom is -0.248 e. The van der Waals surface area contributed by atoms with E-state index in [-0.39, 0.29) is 0 Å². The fourth-order valence-electron chi connectivity index (χ4n) is 11.5. The highest BCUT2D eigenvalue weighted by molar-refractivity contribution is 6.29. The third kappa shape index (κ3) is 5.32. The van der Waals surface area contributed by atoms with Crippen LogP contribution in [0.5, 0.6) is 0 Å². The van der Waals surface area contributed by atoms with Gasteiger partial charge in [-0.15, -0.1) is 0 Å². The van der Waals surface area contributed by atoms with Gasteiger partial charge in [0.15, 0.2) is 0 Å². The predicted molar refractivity (Wildman–Crippen MR) is 278 cm³/mol. The van der Waals surface area contributed by atoms with Crippen LogP contribution in [0.4, 0.5) is 0 Å². The molecule has 1 heterocycles. The van der Waals surface area contributed by atoms with Gasteiger partial charge in [-0.1, -0.05) is 218 Å². The maximum atomic E-state index is 5.71. The minimum absolute atomic E-state index is 0.949. The van der Waals surface area contributed by atoms with E-state index in [2.05, 4.69) is 237 Å². The second-order valence-electron chi connectivity index (χ2n) is 17.6. The van der Waals surface area contributed by atoms with Gasteiger partial charge in [0.2, 0.25) is 0 Å². The largest absolute Gasteiger partial charge is 0.248 e. The fourth-order valence-corrected chi connectivity index (χ4v) is 11.5. The minimum atomic E-state index is 0.949. The van der Waals surface area contributed by atoms with Crippen molar-refractivity contribution in [2.24, 2.45) is 0 Å². The Morgan fingerprint density at radius 1 is 0.212 bits per heavy atom. The lowest BCUT2D eigenvalue weighted by Crippen LogP contribution is -1.96. The molecule has 0 atom stereocenters. The summed E-state index contributed by atoms with van der Waals surface area (Å²) in [5, 5.41) is 7.58. The first-order chi connectivity index (χ1) is 32.8. The van der Waals surface area contributed by atoms with Crippen LogP contribution < -0.4 is 0 Å². The highest BCUT2D eigenvalue weighted by Gasteiger charge is 2.33. The van der Waals surface area contributed by atoms with Gasteiger partial charge in [-0.25, -0.2) is 4.98 Å². The van der Waals surface area contributed by atoms with Crippen molar-refractivity contribution in [1.29, 1.82) is 0 Å². The number of benzene rings is 11. The third-order valence-electron chi connectivity index (χ3n) is 14.1. The summed E-state index contributed by atoms with van der Waals surface area (Å²) < 4.78 is 0. The van der Waals surface area contributed by atoms with Crippen LogP contribution >= 0.6 is 0 Å². The maximum absolute atomic E-state index is 5.71. The first kappa shape index (κ1) is 36.8. The van der Waals surface area contributed by atoms with Gasteiger partial charge in [0, 0.05) is 11.1 Å². The molecule has 0 fully saturated rings. The molecule has 0 bridgehead atoms. The topological polar surface area (TPSA) is 12.9 Å². The molecule has 304 valence electrons. The molecule has 0 saturated carbocycles. The van der Waals surface area contributed by atoms with E-state index in [1.165, 1.54) is 121 Å². The quantitative estimate of drug-likeness (QED) is 0.163. The van der Waals surface area contributed by atoms with Gasteiger partial charge in [-0.3, -0.25) is 0 Å². The van der Waals surface area contributed by atoms with Crippen molar-refractivity contribution >= 4 is 32.3 Å². The molecule has 0 radical (unpaired) electrons. The Morgan fingerprint density at radius 3 is 1.21 bits per heavy atom. The van der Waals surface area contributed by atoms with Gasteiger partial charge >= 0.3 is 0 Å². The molecule has 0 amide bonds. The first-order valence-electron chi connectivity index (χ1n) is 22.9. The number of rotatable bonds is 6. The Labute approximate surface area is 383 Å². The molecule has 12 aromatic rings. The van der Waals surface area contributed by atoms with E-state index in [0.717, 1.165) is 22.5 Å². The van der Waals surface area contributed by atoms with Crippen molar-refractivity contribution in [3.8, 4) is 112 Å². The lowest BCUT2D eigenvalue weighted by molar-refractivity contribution is 1.33. The normalized spacial score (nSPS) is 11.9. The summed E-state index contributed by atoms with van der Waals surface area (Å²) in [7, 11) is 0. The highest BCUT2D eigenvalue weighted by atomic mass is 14.7. The number of hydrogen-bond donors (Lipinski definition) is 0. The Hall–Kier alpha value is -8.65. The monoisotopic (exact) mass is 833 g/mol. The van der Waals surface area contributed by atoms with Crippen LogP contribution in [-0.2, 0) is 0 Å². The first-order valence-corrected chi connectivity index (χ1v) is 22.9. The third-order valence-corrected chi connectivity index (χ3v) is 14.1. The van der Waals surface area contributed by atoms with Crippen LogP contribution in [0.3, 0.4) is 0 Å². The molecule has 66 heavy (non-hydrogen) atoms.